The standard InChI is InChI=1S/C19H23N3O3/c1-12(2)17(20)19(24)22-14-6-4-13(5-7-14)18(23)21-15-8-10-16(25-3)11-9-15/h4-12,17H,20H2,1-3H3,(H,21,23)(H,22,24)/t17-/m0/s1. The first-order chi connectivity index (χ1) is 11.9. The molecule has 25 heavy (non-hydrogen) atoms. The van der Waals surface area contributed by atoms with Gasteiger partial charge in [-0.15, -0.1) is 0 Å². The fraction of sp³-hybridized carbons (Fsp3) is 0.263. The lowest BCUT2D eigenvalue weighted by atomic mass is 10.0. The van der Waals surface area contributed by atoms with Crippen LogP contribution in [0, 0.1) is 5.92 Å². The quantitative estimate of drug-likeness (QED) is 0.753. The lowest BCUT2D eigenvalue weighted by Crippen LogP contribution is -2.39. The van der Waals surface area contributed by atoms with E-state index in [2.05, 4.69) is 10.6 Å². The zero-order chi connectivity index (χ0) is 18.4. The molecule has 4 N–H and O–H groups in total. The third-order valence-electron chi connectivity index (χ3n) is 3.78. The highest BCUT2D eigenvalue weighted by Crippen LogP contribution is 2.17. The second kappa shape index (κ2) is 8.30. The maximum Gasteiger partial charge on any atom is 0.255 e. The first-order valence-corrected chi connectivity index (χ1v) is 8.02. The third-order valence-corrected chi connectivity index (χ3v) is 3.78. The molecule has 0 radical (unpaired) electrons. The van der Waals surface area contributed by atoms with Gasteiger partial charge in [-0.25, -0.2) is 0 Å². The predicted octanol–water partition coefficient (Wildman–Crippen LogP) is 2.87. The molecule has 132 valence electrons. The minimum absolute atomic E-state index is 0.0505. The molecule has 2 aromatic carbocycles. The lowest BCUT2D eigenvalue weighted by Gasteiger charge is -2.15. The summed E-state index contributed by atoms with van der Waals surface area (Å²) in [5.74, 6) is 0.291. The molecule has 0 saturated heterocycles. The summed E-state index contributed by atoms with van der Waals surface area (Å²) in [5.41, 5.74) is 7.57. The summed E-state index contributed by atoms with van der Waals surface area (Å²) in [7, 11) is 1.59. The number of hydrogen-bond donors (Lipinski definition) is 3. The van der Waals surface area contributed by atoms with E-state index in [1.54, 1.807) is 55.6 Å². The van der Waals surface area contributed by atoms with Crippen LogP contribution in [0.3, 0.4) is 0 Å². The van der Waals surface area contributed by atoms with Gasteiger partial charge in [0.1, 0.15) is 5.75 Å². The van der Waals surface area contributed by atoms with Crippen LogP contribution >= 0.6 is 0 Å². The predicted molar refractivity (Wildman–Crippen MR) is 98.8 cm³/mol. The Morgan fingerprint density at radius 1 is 0.920 bits per heavy atom. The monoisotopic (exact) mass is 341 g/mol. The fourth-order valence-corrected chi connectivity index (χ4v) is 2.11. The molecule has 0 aromatic heterocycles. The molecule has 1 atom stereocenters. The zero-order valence-corrected chi connectivity index (χ0v) is 14.6. The number of ether oxygens (including phenoxy) is 1. The maximum atomic E-state index is 12.2. The van der Waals surface area contributed by atoms with Gasteiger partial charge in [-0.2, -0.15) is 0 Å². The van der Waals surface area contributed by atoms with E-state index in [1.807, 2.05) is 13.8 Å². The van der Waals surface area contributed by atoms with Crippen molar-refractivity contribution in [3.63, 3.8) is 0 Å². The Morgan fingerprint density at radius 2 is 1.44 bits per heavy atom. The average molecular weight is 341 g/mol. The number of carbonyl (C=O) groups excluding carboxylic acids is 2. The highest BCUT2D eigenvalue weighted by molar-refractivity contribution is 6.04. The third kappa shape index (κ3) is 5.06. The van der Waals surface area contributed by atoms with Gasteiger partial charge in [0.05, 0.1) is 13.2 Å². The van der Waals surface area contributed by atoms with Crippen LogP contribution in [0.4, 0.5) is 11.4 Å². The molecule has 0 fully saturated rings. The van der Waals surface area contributed by atoms with Crippen molar-refractivity contribution in [3.8, 4) is 5.75 Å². The van der Waals surface area contributed by atoms with Gasteiger partial charge < -0.3 is 21.1 Å². The Labute approximate surface area is 147 Å². The van der Waals surface area contributed by atoms with Crippen molar-refractivity contribution in [2.24, 2.45) is 11.7 Å². The summed E-state index contributed by atoms with van der Waals surface area (Å²) >= 11 is 0. The van der Waals surface area contributed by atoms with Gasteiger partial charge in [0.15, 0.2) is 0 Å². The molecule has 0 bridgehead atoms. The van der Waals surface area contributed by atoms with Crippen molar-refractivity contribution in [1.82, 2.24) is 0 Å². The number of amides is 2. The summed E-state index contributed by atoms with van der Waals surface area (Å²) in [5, 5.41) is 5.54. The topological polar surface area (TPSA) is 93.5 Å². The fourth-order valence-electron chi connectivity index (χ4n) is 2.11. The summed E-state index contributed by atoms with van der Waals surface area (Å²) in [6, 6.07) is 13.1. The first kappa shape index (κ1) is 18.5. The van der Waals surface area contributed by atoms with Gasteiger partial charge in [0, 0.05) is 16.9 Å². The second-order valence-corrected chi connectivity index (χ2v) is 6.02. The van der Waals surface area contributed by atoms with E-state index >= 15 is 0 Å². The van der Waals surface area contributed by atoms with E-state index in [1.165, 1.54) is 0 Å². The largest absolute Gasteiger partial charge is 0.497 e. The van der Waals surface area contributed by atoms with Gasteiger partial charge >= 0.3 is 0 Å². The van der Waals surface area contributed by atoms with E-state index in [0.717, 1.165) is 5.75 Å². The van der Waals surface area contributed by atoms with Crippen LogP contribution in [-0.2, 0) is 4.79 Å². The minimum Gasteiger partial charge on any atom is -0.497 e. The molecule has 2 rings (SSSR count). The molecule has 6 nitrogen and oxygen atoms in total. The first-order valence-electron chi connectivity index (χ1n) is 8.02. The molecule has 0 saturated carbocycles. The zero-order valence-electron chi connectivity index (χ0n) is 14.6. The van der Waals surface area contributed by atoms with E-state index in [9.17, 15) is 9.59 Å². The molecule has 2 amide bonds. The minimum atomic E-state index is -0.571. The Hall–Kier alpha value is -2.86. The Kier molecular flexibility index (Phi) is 6.14. The highest BCUT2D eigenvalue weighted by Gasteiger charge is 2.17. The molecule has 0 spiro atoms. The second-order valence-electron chi connectivity index (χ2n) is 6.02. The van der Waals surface area contributed by atoms with E-state index < -0.39 is 6.04 Å². The van der Waals surface area contributed by atoms with Crippen LogP contribution < -0.4 is 21.1 Å². The van der Waals surface area contributed by atoms with Gasteiger partial charge in [0.2, 0.25) is 5.91 Å². The van der Waals surface area contributed by atoms with Crippen LogP contribution in [0.1, 0.15) is 24.2 Å². The molecule has 6 heteroatoms. The van der Waals surface area contributed by atoms with E-state index in [-0.39, 0.29) is 17.7 Å². The molecule has 0 aliphatic heterocycles. The van der Waals surface area contributed by atoms with E-state index in [4.69, 9.17) is 10.5 Å². The molecule has 0 aliphatic carbocycles. The number of carbonyl (C=O) groups is 2. The number of anilines is 2. The molecular weight excluding hydrogens is 318 g/mol. The van der Waals surface area contributed by atoms with Crippen LogP contribution in [0.5, 0.6) is 5.75 Å². The van der Waals surface area contributed by atoms with Gasteiger partial charge in [-0.3, -0.25) is 9.59 Å². The van der Waals surface area contributed by atoms with Crippen LogP contribution in [-0.4, -0.2) is 25.0 Å². The highest BCUT2D eigenvalue weighted by atomic mass is 16.5. The summed E-state index contributed by atoms with van der Waals surface area (Å²) in [4.78, 5) is 24.2. The molecular formula is C19H23N3O3. The van der Waals surface area contributed by atoms with Gasteiger partial charge in [0.25, 0.3) is 5.91 Å². The number of rotatable bonds is 6. The van der Waals surface area contributed by atoms with Crippen LogP contribution in [0.25, 0.3) is 0 Å². The summed E-state index contributed by atoms with van der Waals surface area (Å²) in [6.07, 6.45) is 0. The van der Waals surface area contributed by atoms with Gasteiger partial charge in [-0.1, -0.05) is 13.8 Å². The Morgan fingerprint density at radius 3 is 1.96 bits per heavy atom. The normalized spacial score (nSPS) is 11.7. The molecule has 0 unspecified atom stereocenters. The average Bonchev–Trinajstić information content (AvgIpc) is 2.62. The number of hydrogen-bond acceptors (Lipinski definition) is 4. The summed E-state index contributed by atoms with van der Waals surface area (Å²) < 4.78 is 5.08. The molecule has 2 aromatic rings. The van der Waals surface area contributed by atoms with Crippen LogP contribution in [0.15, 0.2) is 48.5 Å². The van der Waals surface area contributed by atoms with Crippen molar-refractivity contribution < 1.29 is 14.3 Å². The number of benzene rings is 2. The van der Waals surface area contributed by atoms with Crippen molar-refractivity contribution in [2.45, 2.75) is 19.9 Å². The van der Waals surface area contributed by atoms with Crippen molar-refractivity contribution in [3.05, 3.63) is 54.1 Å². The SMILES string of the molecule is COc1ccc(NC(=O)c2ccc(NC(=O)[C@@H](N)C(C)C)cc2)cc1. The van der Waals surface area contributed by atoms with Crippen molar-refractivity contribution in [2.75, 3.05) is 17.7 Å². The number of nitrogens with one attached hydrogen (secondary N) is 2. The van der Waals surface area contributed by atoms with Crippen molar-refractivity contribution in [1.29, 1.82) is 0 Å². The van der Waals surface area contributed by atoms with Crippen molar-refractivity contribution >= 4 is 23.2 Å². The molecule has 0 heterocycles. The molecule has 0 aliphatic rings. The van der Waals surface area contributed by atoms with E-state index in [0.29, 0.717) is 16.9 Å². The van der Waals surface area contributed by atoms with Crippen LogP contribution in [0.2, 0.25) is 0 Å². The summed E-state index contributed by atoms with van der Waals surface area (Å²) in [6.45, 7) is 3.77. The smallest absolute Gasteiger partial charge is 0.255 e. The Balaban J connectivity index is 1.98. The lowest BCUT2D eigenvalue weighted by molar-refractivity contribution is -0.118. The number of nitrogens with two attached hydrogens (primary N) is 1. The maximum absolute atomic E-state index is 12.2. The number of methoxy groups -OCH3 is 1. The Bertz CT molecular complexity index is 725. The van der Waals surface area contributed by atoms with Gasteiger partial charge in [-0.05, 0) is 54.4 Å².